The summed E-state index contributed by atoms with van der Waals surface area (Å²) in [5.41, 5.74) is 1.28. The quantitative estimate of drug-likeness (QED) is 0.597. The van der Waals surface area contributed by atoms with Crippen molar-refractivity contribution in [2.45, 2.75) is 50.3 Å². The molecule has 3 heteroatoms. The number of hydrogen-bond acceptors (Lipinski definition) is 2. The van der Waals surface area contributed by atoms with E-state index in [9.17, 15) is 0 Å². The van der Waals surface area contributed by atoms with Crippen LogP contribution in [-0.4, -0.2) is 17.0 Å². The third-order valence-corrected chi connectivity index (χ3v) is 3.77. The Balaban J connectivity index is 2.11. The zero-order valence-corrected chi connectivity index (χ0v) is 11.1. The molecule has 2 atom stereocenters. The summed E-state index contributed by atoms with van der Waals surface area (Å²) in [6, 6.07) is 2.12. The molecule has 1 aromatic heterocycles. The number of hydrogen-bond donors (Lipinski definition) is 0. The second-order valence-electron chi connectivity index (χ2n) is 4.70. The SMILES string of the molecule is CCOc1cncc(C2CCCCC(Cl)C2)c1. The van der Waals surface area contributed by atoms with E-state index in [1.165, 1.54) is 24.8 Å². The van der Waals surface area contributed by atoms with Crippen LogP contribution in [0.3, 0.4) is 0 Å². The van der Waals surface area contributed by atoms with E-state index in [1.807, 2.05) is 13.1 Å². The van der Waals surface area contributed by atoms with E-state index in [4.69, 9.17) is 16.3 Å². The first-order valence-corrected chi connectivity index (χ1v) is 6.95. The maximum Gasteiger partial charge on any atom is 0.137 e. The van der Waals surface area contributed by atoms with Crippen molar-refractivity contribution in [2.75, 3.05) is 6.61 Å². The molecular weight excluding hydrogens is 234 g/mol. The largest absolute Gasteiger partial charge is 0.492 e. The molecule has 0 aliphatic heterocycles. The molecule has 2 unspecified atom stereocenters. The number of rotatable bonds is 3. The fraction of sp³-hybridized carbons (Fsp3) is 0.643. The molecule has 94 valence electrons. The summed E-state index contributed by atoms with van der Waals surface area (Å²) in [6.07, 6.45) is 9.70. The Kier molecular flexibility index (Phi) is 4.66. The van der Waals surface area contributed by atoms with Gasteiger partial charge < -0.3 is 4.74 Å². The summed E-state index contributed by atoms with van der Waals surface area (Å²) in [4.78, 5) is 4.27. The molecule has 0 bridgehead atoms. The Hall–Kier alpha value is -0.760. The molecule has 1 aliphatic rings. The van der Waals surface area contributed by atoms with E-state index in [-0.39, 0.29) is 0 Å². The second-order valence-corrected chi connectivity index (χ2v) is 5.32. The van der Waals surface area contributed by atoms with Gasteiger partial charge in [0.25, 0.3) is 0 Å². The van der Waals surface area contributed by atoms with Crippen LogP contribution in [0.25, 0.3) is 0 Å². The summed E-state index contributed by atoms with van der Waals surface area (Å²) >= 11 is 6.32. The molecule has 0 amide bonds. The van der Waals surface area contributed by atoms with Crippen LogP contribution in [0.1, 0.15) is 50.5 Å². The lowest BCUT2D eigenvalue weighted by molar-refractivity contribution is 0.338. The molecule has 2 rings (SSSR count). The minimum atomic E-state index is 0.318. The van der Waals surface area contributed by atoms with Gasteiger partial charge in [-0.1, -0.05) is 12.8 Å². The number of ether oxygens (including phenoxy) is 1. The predicted octanol–water partition coefficient (Wildman–Crippen LogP) is 4.14. The smallest absolute Gasteiger partial charge is 0.137 e. The number of pyridine rings is 1. The topological polar surface area (TPSA) is 22.1 Å². The zero-order chi connectivity index (χ0) is 12.1. The van der Waals surface area contributed by atoms with E-state index >= 15 is 0 Å². The van der Waals surface area contributed by atoms with E-state index < -0.39 is 0 Å². The molecule has 0 saturated heterocycles. The lowest BCUT2D eigenvalue weighted by atomic mass is 9.93. The molecule has 2 nitrogen and oxygen atoms in total. The minimum Gasteiger partial charge on any atom is -0.492 e. The summed E-state index contributed by atoms with van der Waals surface area (Å²) in [7, 11) is 0. The highest BCUT2D eigenvalue weighted by atomic mass is 35.5. The molecule has 17 heavy (non-hydrogen) atoms. The first-order chi connectivity index (χ1) is 8.29. The highest BCUT2D eigenvalue weighted by Crippen LogP contribution is 2.34. The number of alkyl halides is 1. The second kappa shape index (κ2) is 6.25. The van der Waals surface area contributed by atoms with Crippen LogP contribution in [0.15, 0.2) is 18.5 Å². The van der Waals surface area contributed by atoms with Crippen molar-refractivity contribution in [1.29, 1.82) is 0 Å². The maximum atomic E-state index is 6.32. The molecule has 1 aliphatic carbocycles. The molecule has 0 aromatic carbocycles. The van der Waals surface area contributed by atoms with Crippen molar-refractivity contribution in [3.63, 3.8) is 0 Å². The number of halogens is 1. The predicted molar refractivity (Wildman–Crippen MR) is 70.9 cm³/mol. The van der Waals surface area contributed by atoms with Crippen molar-refractivity contribution in [3.05, 3.63) is 24.0 Å². The first-order valence-electron chi connectivity index (χ1n) is 6.51. The van der Waals surface area contributed by atoms with E-state index in [0.29, 0.717) is 17.9 Å². The van der Waals surface area contributed by atoms with Gasteiger partial charge in [-0.25, -0.2) is 0 Å². The van der Waals surface area contributed by atoms with Gasteiger partial charge in [0.1, 0.15) is 5.75 Å². The van der Waals surface area contributed by atoms with Gasteiger partial charge in [-0.2, -0.15) is 0 Å². The fourth-order valence-corrected chi connectivity index (χ4v) is 2.88. The van der Waals surface area contributed by atoms with Gasteiger partial charge in [-0.15, -0.1) is 11.6 Å². The Morgan fingerprint density at radius 3 is 3.00 bits per heavy atom. The Bertz CT molecular complexity index is 356. The van der Waals surface area contributed by atoms with Crippen molar-refractivity contribution in [3.8, 4) is 5.75 Å². The van der Waals surface area contributed by atoms with Crippen LogP contribution < -0.4 is 4.74 Å². The average Bonchev–Trinajstić information content (AvgIpc) is 2.55. The van der Waals surface area contributed by atoms with Crippen LogP contribution in [-0.2, 0) is 0 Å². The summed E-state index contributed by atoms with van der Waals surface area (Å²) in [5.74, 6) is 1.42. The Morgan fingerprint density at radius 1 is 1.35 bits per heavy atom. The molecular formula is C14H20ClNO. The van der Waals surface area contributed by atoms with Gasteiger partial charge >= 0.3 is 0 Å². The number of nitrogens with zero attached hydrogens (tertiary/aromatic N) is 1. The van der Waals surface area contributed by atoms with E-state index in [1.54, 1.807) is 6.20 Å². The maximum absolute atomic E-state index is 6.32. The Morgan fingerprint density at radius 2 is 2.18 bits per heavy atom. The molecule has 1 saturated carbocycles. The normalized spacial score (nSPS) is 25.3. The van der Waals surface area contributed by atoms with Crippen molar-refractivity contribution >= 4 is 11.6 Å². The van der Waals surface area contributed by atoms with Gasteiger partial charge in [-0.05, 0) is 43.7 Å². The Labute approximate surface area is 108 Å². The van der Waals surface area contributed by atoms with Crippen LogP contribution in [0.5, 0.6) is 5.75 Å². The van der Waals surface area contributed by atoms with Gasteiger partial charge in [0.2, 0.25) is 0 Å². The molecule has 0 N–H and O–H groups in total. The minimum absolute atomic E-state index is 0.318. The summed E-state index contributed by atoms with van der Waals surface area (Å²) in [5, 5.41) is 0.318. The standard InChI is InChI=1S/C14H20ClNO/c1-2-17-14-8-12(9-16-10-14)11-5-3-4-6-13(15)7-11/h8-11,13H,2-7H2,1H3. The third-order valence-electron chi connectivity index (χ3n) is 3.38. The first kappa shape index (κ1) is 12.7. The molecule has 1 fully saturated rings. The van der Waals surface area contributed by atoms with Gasteiger partial charge in [0.05, 0.1) is 12.8 Å². The molecule has 1 aromatic rings. The highest BCUT2D eigenvalue weighted by Gasteiger charge is 2.20. The highest BCUT2D eigenvalue weighted by molar-refractivity contribution is 6.20. The van der Waals surface area contributed by atoms with Crippen LogP contribution in [0, 0.1) is 0 Å². The van der Waals surface area contributed by atoms with E-state index in [0.717, 1.165) is 18.6 Å². The van der Waals surface area contributed by atoms with Crippen LogP contribution >= 0.6 is 11.6 Å². The van der Waals surface area contributed by atoms with Crippen molar-refractivity contribution in [1.82, 2.24) is 4.98 Å². The number of aromatic nitrogens is 1. The summed E-state index contributed by atoms with van der Waals surface area (Å²) in [6.45, 7) is 2.68. The zero-order valence-electron chi connectivity index (χ0n) is 10.4. The monoisotopic (exact) mass is 253 g/mol. The molecule has 0 spiro atoms. The summed E-state index contributed by atoms with van der Waals surface area (Å²) < 4.78 is 5.50. The molecule has 1 heterocycles. The molecule has 0 radical (unpaired) electrons. The fourth-order valence-electron chi connectivity index (χ4n) is 2.51. The van der Waals surface area contributed by atoms with Crippen LogP contribution in [0.2, 0.25) is 0 Å². The van der Waals surface area contributed by atoms with Gasteiger partial charge in [-0.3, -0.25) is 4.98 Å². The van der Waals surface area contributed by atoms with E-state index in [2.05, 4.69) is 11.1 Å². The van der Waals surface area contributed by atoms with Gasteiger partial charge in [0.15, 0.2) is 0 Å². The van der Waals surface area contributed by atoms with Gasteiger partial charge in [0, 0.05) is 11.6 Å². The lowest BCUT2D eigenvalue weighted by Gasteiger charge is -2.16. The third kappa shape index (κ3) is 3.60. The van der Waals surface area contributed by atoms with Crippen molar-refractivity contribution < 1.29 is 4.74 Å². The van der Waals surface area contributed by atoms with Crippen molar-refractivity contribution in [2.24, 2.45) is 0 Å². The van der Waals surface area contributed by atoms with Crippen LogP contribution in [0.4, 0.5) is 0 Å². The lowest BCUT2D eigenvalue weighted by Crippen LogP contribution is -2.05. The average molecular weight is 254 g/mol.